The average Bonchev–Trinajstić information content (AvgIpc) is 2.90. The summed E-state index contributed by atoms with van der Waals surface area (Å²) in [6, 6.07) is 1.68. The third-order valence-electron chi connectivity index (χ3n) is 3.08. The van der Waals surface area contributed by atoms with Gasteiger partial charge in [-0.15, -0.1) is 0 Å². The zero-order chi connectivity index (χ0) is 14.4. The number of nitrogens with two attached hydrogens (primary N) is 1. The van der Waals surface area contributed by atoms with Gasteiger partial charge in [-0.05, 0) is 13.0 Å². The SMILES string of the molecule is CCc1occc1C(=O)N(CC)CC(C)/C(N)=N/O. The molecule has 1 atom stereocenters. The summed E-state index contributed by atoms with van der Waals surface area (Å²) in [7, 11) is 0. The second-order valence-corrected chi connectivity index (χ2v) is 4.38. The molecule has 0 saturated heterocycles. The normalized spacial score (nSPS) is 13.3. The summed E-state index contributed by atoms with van der Waals surface area (Å²) in [5.74, 6) is 0.505. The number of hydrogen-bond donors (Lipinski definition) is 2. The number of amidine groups is 1. The van der Waals surface area contributed by atoms with Crippen LogP contribution in [-0.2, 0) is 6.42 Å². The number of aryl methyl sites for hydroxylation is 1. The van der Waals surface area contributed by atoms with Crippen LogP contribution in [0.2, 0.25) is 0 Å². The molecule has 1 aromatic heterocycles. The Bertz CT molecular complexity index is 454. The van der Waals surface area contributed by atoms with E-state index in [2.05, 4.69) is 5.16 Å². The molecule has 0 aliphatic rings. The molecule has 1 unspecified atom stereocenters. The van der Waals surface area contributed by atoms with Crippen molar-refractivity contribution in [2.75, 3.05) is 13.1 Å². The molecule has 0 bridgehead atoms. The molecule has 1 amide bonds. The molecular formula is C13H21N3O3. The fraction of sp³-hybridized carbons (Fsp3) is 0.538. The minimum Gasteiger partial charge on any atom is -0.469 e. The molecule has 1 rings (SSSR count). The highest BCUT2D eigenvalue weighted by atomic mass is 16.4. The van der Waals surface area contributed by atoms with Crippen molar-refractivity contribution in [1.82, 2.24) is 4.90 Å². The highest BCUT2D eigenvalue weighted by Crippen LogP contribution is 2.15. The van der Waals surface area contributed by atoms with Crippen LogP contribution in [-0.4, -0.2) is 34.9 Å². The predicted octanol–water partition coefficient (Wildman–Crippen LogP) is 1.69. The molecule has 6 heteroatoms. The summed E-state index contributed by atoms with van der Waals surface area (Å²) >= 11 is 0. The number of nitrogens with zero attached hydrogens (tertiary/aromatic N) is 2. The summed E-state index contributed by atoms with van der Waals surface area (Å²) in [5, 5.41) is 11.6. The number of furan rings is 1. The number of rotatable bonds is 6. The first-order valence-electron chi connectivity index (χ1n) is 6.38. The average molecular weight is 267 g/mol. The molecule has 1 aromatic rings. The van der Waals surface area contributed by atoms with Crippen LogP contribution in [0.15, 0.2) is 21.9 Å². The van der Waals surface area contributed by atoms with Crippen molar-refractivity contribution in [3.05, 3.63) is 23.7 Å². The lowest BCUT2D eigenvalue weighted by atomic mass is 10.1. The van der Waals surface area contributed by atoms with Crippen molar-refractivity contribution in [2.24, 2.45) is 16.8 Å². The lowest BCUT2D eigenvalue weighted by Crippen LogP contribution is -2.38. The first-order valence-corrected chi connectivity index (χ1v) is 6.38. The van der Waals surface area contributed by atoms with E-state index in [1.54, 1.807) is 17.9 Å². The number of carbonyl (C=O) groups excluding carboxylic acids is 1. The Balaban J connectivity index is 2.83. The number of carbonyl (C=O) groups is 1. The van der Waals surface area contributed by atoms with Gasteiger partial charge in [0.2, 0.25) is 0 Å². The van der Waals surface area contributed by atoms with E-state index in [1.165, 1.54) is 6.26 Å². The highest BCUT2D eigenvalue weighted by Gasteiger charge is 2.22. The fourth-order valence-corrected chi connectivity index (χ4v) is 1.85. The first kappa shape index (κ1) is 15.1. The smallest absolute Gasteiger partial charge is 0.257 e. The van der Waals surface area contributed by atoms with Crippen molar-refractivity contribution in [3.63, 3.8) is 0 Å². The maximum Gasteiger partial charge on any atom is 0.257 e. The summed E-state index contributed by atoms with van der Waals surface area (Å²) in [6.45, 7) is 6.59. The van der Waals surface area contributed by atoms with Gasteiger partial charge in [0.15, 0.2) is 0 Å². The zero-order valence-electron chi connectivity index (χ0n) is 11.6. The number of amides is 1. The van der Waals surface area contributed by atoms with Gasteiger partial charge in [0, 0.05) is 25.4 Å². The molecule has 3 N–H and O–H groups in total. The molecule has 0 aliphatic carbocycles. The fourth-order valence-electron chi connectivity index (χ4n) is 1.85. The molecule has 106 valence electrons. The number of oxime groups is 1. The van der Waals surface area contributed by atoms with Crippen molar-refractivity contribution in [1.29, 1.82) is 0 Å². The molecule has 0 radical (unpaired) electrons. The summed E-state index contributed by atoms with van der Waals surface area (Å²) < 4.78 is 5.27. The van der Waals surface area contributed by atoms with Gasteiger partial charge in [-0.3, -0.25) is 4.79 Å². The Kier molecular flexibility index (Phi) is 5.41. The van der Waals surface area contributed by atoms with Gasteiger partial charge < -0.3 is 20.3 Å². The molecule has 0 saturated carbocycles. The molecule has 6 nitrogen and oxygen atoms in total. The van der Waals surface area contributed by atoms with E-state index < -0.39 is 0 Å². The predicted molar refractivity (Wildman–Crippen MR) is 72.2 cm³/mol. The third kappa shape index (κ3) is 3.49. The summed E-state index contributed by atoms with van der Waals surface area (Å²) in [6.07, 6.45) is 2.19. The Morgan fingerprint density at radius 1 is 1.58 bits per heavy atom. The molecule has 0 aromatic carbocycles. The Labute approximate surface area is 112 Å². The third-order valence-corrected chi connectivity index (χ3v) is 3.08. The van der Waals surface area contributed by atoms with E-state index in [0.29, 0.717) is 30.8 Å². The van der Waals surface area contributed by atoms with Crippen LogP contribution in [0, 0.1) is 5.92 Å². The van der Waals surface area contributed by atoms with Gasteiger partial charge in [-0.25, -0.2) is 0 Å². The van der Waals surface area contributed by atoms with E-state index >= 15 is 0 Å². The molecule has 0 aliphatic heterocycles. The molecule has 0 spiro atoms. The molecule has 0 fully saturated rings. The van der Waals surface area contributed by atoms with Gasteiger partial charge in [-0.2, -0.15) is 0 Å². The van der Waals surface area contributed by atoms with Crippen molar-refractivity contribution < 1.29 is 14.4 Å². The zero-order valence-corrected chi connectivity index (χ0v) is 11.6. The molecular weight excluding hydrogens is 246 g/mol. The van der Waals surface area contributed by atoms with Crippen LogP contribution in [0.1, 0.15) is 36.9 Å². The minimum absolute atomic E-state index is 0.0920. The minimum atomic E-state index is -0.203. The van der Waals surface area contributed by atoms with Gasteiger partial charge in [0.25, 0.3) is 5.91 Å². The van der Waals surface area contributed by atoms with E-state index in [9.17, 15) is 4.79 Å². The first-order chi connectivity index (χ1) is 9.04. The summed E-state index contributed by atoms with van der Waals surface area (Å²) in [4.78, 5) is 14.0. The van der Waals surface area contributed by atoms with Crippen LogP contribution in [0.5, 0.6) is 0 Å². The van der Waals surface area contributed by atoms with Crippen LogP contribution in [0.25, 0.3) is 0 Å². The second kappa shape index (κ2) is 6.82. The topological polar surface area (TPSA) is 92.1 Å². The quantitative estimate of drug-likeness (QED) is 0.355. The van der Waals surface area contributed by atoms with Gasteiger partial charge in [-0.1, -0.05) is 19.0 Å². The van der Waals surface area contributed by atoms with Gasteiger partial charge in [0.05, 0.1) is 11.8 Å². The largest absolute Gasteiger partial charge is 0.469 e. The Morgan fingerprint density at radius 2 is 2.26 bits per heavy atom. The maximum absolute atomic E-state index is 12.4. The highest BCUT2D eigenvalue weighted by molar-refractivity contribution is 5.95. The Morgan fingerprint density at radius 3 is 2.79 bits per heavy atom. The molecule has 1 heterocycles. The van der Waals surface area contributed by atoms with Crippen LogP contribution >= 0.6 is 0 Å². The van der Waals surface area contributed by atoms with Gasteiger partial charge >= 0.3 is 0 Å². The van der Waals surface area contributed by atoms with E-state index in [1.807, 2.05) is 13.8 Å². The number of hydrogen-bond acceptors (Lipinski definition) is 4. The maximum atomic E-state index is 12.4. The summed E-state index contributed by atoms with van der Waals surface area (Å²) in [5.41, 5.74) is 6.12. The second-order valence-electron chi connectivity index (χ2n) is 4.38. The van der Waals surface area contributed by atoms with E-state index in [0.717, 1.165) is 0 Å². The van der Waals surface area contributed by atoms with E-state index in [-0.39, 0.29) is 17.7 Å². The Hall–Kier alpha value is -1.98. The molecule has 19 heavy (non-hydrogen) atoms. The van der Waals surface area contributed by atoms with Crippen LogP contribution in [0.4, 0.5) is 0 Å². The van der Waals surface area contributed by atoms with Crippen LogP contribution in [0.3, 0.4) is 0 Å². The lowest BCUT2D eigenvalue weighted by molar-refractivity contribution is 0.0751. The standard InChI is InChI=1S/C13H21N3O3/c1-4-11-10(6-7-19-11)13(17)16(5-2)8-9(3)12(14)15-18/h6-7,9,18H,4-5,8H2,1-3H3,(H2,14,15). The van der Waals surface area contributed by atoms with Gasteiger partial charge in [0.1, 0.15) is 11.6 Å². The van der Waals surface area contributed by atoms with Crippen LogP contribution < -0.4 is 5.73 Å². The lowest BCUT2D eigenvalue weighted by Gasteiger charge is -2.23. The van der Waals surface area contributed by atoms with Crippen molar-refractivity contribution in [2.45, 2.75) is 27.2 Å². The van der Waals surface area contributed by atoms with E-state index in [4.69, 9.17) is 15.4 Å². The van der Waals surface area contributed by atoms with Crippen molar-refractivity contribution in [3.8, 4) is 0 Å². The van der Waals surface area contributed by atoms with Crippen molar-refractivity contribution >= 4 is 11.7 Å². The monoisotopic (exact) mass is 267 g/mol.